The number of nitrogens with two attached hydrogens (primary N) is 2. The van der Waals surface area contributed by atoms with E-state index in [2.05, 4.69) is 25.9 Å². The molecule has 158 valence electrons. The summed E-state index contributed by atoms with van der Waals surface area (Å²) >= 11 is 6.41. The predicted molar refractivity (Wildman–Crippen MR) is 106 cm³/mol. The molecule has 0 atom stereocenters. The standard InChI is InChI=1S/C17H16ClF3N8O/c1-8-13-14(18)11(6-24-15(13)29(28-8)7-12(26-22)27-23)16(30)25-10-4-2-9(3-5-10)17(19,20)21/h2-6H,7,22-23H2,1H3,(H,25,30)(H,26,27). The Balaban J connectivity index is 1.90. The number of nitrogens with one attached hydrogen (secondary N) is 2. The van der Waals surface area contributed by atoms with Crippen molar-refractivity contribution in [2.75, 3.05) is 5.32 Å². The number of carbonyl (C=O) groups is 1. The van der Waals surface area contributed by atoms with Gasteiger partial charge in [-0.1, -0.05) is 11.6 Å². The Hall–Kier alpha value is -3.38. The van der Waals surface area contributed by atoms with Gasteiger partial charge in [0.05, 0.1) is 27.2 Å². The summed E-state index contributed by atoms with van der Waals surface area (Å²) in [5, 5.41) is 10.8. The molecule has 2 aromatic heterocycles. The fraction of sp³-hybridized carbons (Fsp3) is 0.176. The van der Waals surface area contributed by atoms with E-state index in [1.165, 1.54) is 10.9 Å². The smallest absolute Gasteiger partial charge is 0.322 e. The molecule has 1 amide bonds. The van der Waals surface area contributed by atoms with E-state index in [1.54, 1.807) is 6.92 Å². The summed E-state index contributed by atoms with van der Waals surface area (Å²) in [7, 11) is 0. The molecule has 0 aliphatic carbocycles. The highest BCUT2D eigenvalue weighted by molar-refractivity contribution is 6.39. The predicted octanol–water partition coefficient (Wildman–Crippen LogP) is 2.40. The molecule has 0 radical (unpaired) electrons. The van der Waals surface area contributed by atoms with Crippen LogP contribution in [0.2, 0.25) is 5.02 Å². The minimum absolute atomic E-state index is 0.0383. The van der Waals surface area contributed by atoms with Gasteiger partial charge in [-0.15, -0.1) is 0 Å². The quantitative estimate of drug-likeness (QED) is 0.213. The van der Waals surface area contributed by atoms with Crippen molar-refractivity contribution in [1.82, 2.24) is 20.2 Å². The number of hydrogen-bond donors (Lipinski definition) is 4. The van der Waals surface area contributed by atoms with Crippen LogP contribution in [0.4, 0.5) is 18.9 Å². The van der Waals surface area contributed by atoms with Crippen LogP contribution in [0.15, 0.2) is 35.6 Å². The zero-order chi connectivity index (χ0) is 22.1. The van der Waals surface area contributed by atoms with E-state index in [0.717, 1.165) is 24.3 Å². The third-order valence-electron chi connectivity index (χ3n) is 4.21. The molecule has 1 aromatic carbocycles. The molecule has 0 saturated heterocycles. The number of fused-ring (bicyclic) bond motifs is 1. The number of halogens is 4. The Morgan fingerprint density at radius 1 is 1.30 bits per heavy atom. The summed E-state index contributed by atoms with van der Waals surface area (Å²) in [6, 6.07) is 4.04. The van der Waals surface area contributed by atoms with Gasteiger partial charge in [-0.2, -0.15) is 23.4 Å². The number of aromatic nitrogens is 3. The number of rotatable bonds is 4. The summed E-state index contributed by atoms with van der Waals surface area (Å²) < 4.78 is 39.5. The first-order chi connectivity index (χ1) is 14.2. The van der Waals surface area contributed by atoms with Gasteiger partial charge in [0.2, 0.25) is 0 Å². The van der Waals surface area contributed by atoms with Crippen LogP contribution in [0, 0.1) is 6.92 Å². The van der Waals surface area contributed by atoms with Crippen LogP contribution in [0.3, 0.4) is 0 Å². The zero-order valence-corrected chi connectivity index (χ0v) is 16.2. The van der Waals surface area contributed by atoms with Gasteiger partial charge in [0, 0.05) is 11.9 Å². The van der Waals surface area contributed by atoms with E-state index in [-0.39, 0.29) is 28.7 Å². The molecule has 2 heterocycles. The molecular weight excluding hydrogens is 425 g/mol. The second-order valence-corrected chi connectivity index (χ2v) is 6.55. The van der Waals surface area contributed by atoms with Crippen molar-refractivity contribution < 1.29 is 18.0 Å². The second kappa shape index (κ2) is 8.16. The molecular formula is C17H16ClF3N8O. The number of hydrazine groups is 1. The lowest BCUT2D eigenvalue weighted by atomic mass is 10.1. The minimum atomic E-state index is -4.47. The molecule has 30 heavy (non-hydrogen) atoms. The van der Waals surface area contributed by atoms with Crippen LogP contribution >= 0.6 is 11.6 Å². The lowest BCUT2D eigenvalue weighted by Gasteiger charge is -2.10. The maximum absolute atomic E-state index is 12.7. The number of aryl methyl sites for hydroxylation is 1. The van der Waals surface area contributed by atoms with Crippen molar-refractivity contribution in [1.29, 1.82) is 0 Å². The van der Waals surface area contributed by atoms with E-state index in [9.17, 15) is 18.0 Å². The van der Waals surface area contributed by atoms with Crippen LogP contribution in [-0.4, -0.2) is 26.5 Å². The molecule has 9 nitrogen and oxygen atoms in total. The Labute approximate surface area is 172 Å². The molecule has 6 N–H and O–H groups in total. The van der Waals surface area contributed by atoms with Crippen LogP contribution in [-0.2, 0) is 12.7 Å². The fourth-order valence-electron chi connectivity index (χ4n) is 2.75. The molecule has 0 spiro atoms. The number of amides is 1. The number of carbonyl (C=O) groups excluding carboxylic acids is 1. The normalized spacial score (nSPS) is 12.3. The Kier molecular flexibility index (Phi) is 5.80. The van der Waals surface area contributed by atoms with Crippen LogP contribution < -0.4 is 22.4 Å². The molecule has 3 aromatic rings. The molecule has 0 saturated carbocycles. The Morgan fingerprint density at radius 2 is 1.97 bits per heavy atom. The Morgan fingerprint density at radius 3 is 2.53 bits per heavy atom. The third-order valence-corrected chi connectivity index (χ3v) is 4.60. The van der Waals surface area contributed by atoms with E-state index in [1.807, 2.05) is 0 Å². The molecule has 3 rings (SSSR count). The van der Waals surface area contributed by atoms with Gasteiger partial charge in [-0.05, 0) is 31.2 Å². The topological polar surface area (TPSA) is 136 Å². The SMILES string of the molecule is Cc1nn(C/C(=N/N)NN)c2ncc(C(=O)Nc3ccc(C(F)(F)F)cc3)c(Cl)c12. The first-order valence-corrected chi connectivity index (χ1v) is 8.77. The van der Waals surface area contributed by atoms with E-state index >= 15 is 0 Å². The number of benzene rings is 1. The first kappa shape index (κ1) is 21.3. The third kappa shape index (κ3) is 4.14. The Bertz CT molecular complexity index is 1120. The summed E-state index contributed by atoms with van der Waals surface area (Å²) in [6.45, 7) is 1.77. The van der Waals surface area contributed by atoms with Gasteiger partial charge in [0.25, 0.3) is 5.91 Å². The minimum Gasteiger partial charge on any atom is -0.322 e. The maximum atomic E-state index is 12.7. The molecule has 13 heteroatoms. The van der Waals surface area contributed by atoms with Crippen molar-refractivity contribution in [3.05, 3.63) is 52.3 Å². The highest BCUT2D eigenvalue weighted by Crippen LogP contribution is 2.31. The summed E-state index contributed by atoms with van der Waals surface area (Å²) in [5.74, 6) is 10.2. The van der Waals surface area contributed by atoms with Crippen molar-refractivity contribution >= 4 is 40.1 Å². The van der Waals surface area contributed by atoms with Gasteiger partial charge in [0.15, 0.2) is 11.5 Å². The van der Waals surface area contributed by atoms with Gasteiger partial charge in [0.1, 0.15) is 6.54 Å². The first-order valence-electron chi connectivity index (χ1n) is 8.39. The zero-order valence-electron chi connectivity index (χ0n) is 15.5. The van der Waals surface area contributed by atoms with Gasteiger partial charge in [-0.25, -0.2) is 15.5 Å². The van der Waals surface area contributed by atoms with Crippen molar-refractivity contribution in [2.24, 2.45) is 16.8 Å². The maximum Gasteiger partial charge on any atom is 0.416 e. The summed E-state index contributed by atoms with van der Waals surface area (Å²) in [5.41, 5.74) is 2.59. The molecule has 0 aliphatic heterocycles. The molecule has 0 bridgehead atoms. The van der Waals surface area contributed by atoms with E-state index in [0.29, 0.717) is 16.7 Å². The summed E-state index contributed by atoms with van der Waals surface area (Å²) in [4.78, 5) is 16.8. The molecule has 0 fully saturated rings. The van der Waals surface area contributed by atoms with Crippen molar-refractivity contribution in [3.8, 4) is 0 Å². The van der Waals surface area contributed by atoms with Crippen LogP contribution in [0.25, 0.3) is 11.0 Å². The number of alkyl halides is 3. The lowest BCUT2D eigenvalue weighted by molar-refractivity contribution is -0.137. The monoisotopic (exact) mass is 440 g/mol. The highest BCUT2D eigenvalue weighted by Gasteiger charge is 2.30. The molecule has 0 aliphatic rings. The van der Waals surface area contributed by atoms with Crippen molar-refractivity contribution in [3.63, 3.8) is 0 Å². The number of hydrazone groups is 1. The highest BCUT2D eigenvalue weighted by atomic mass is 35.5. The average molecular weight is 441 g/mol. The van der Waals surface area contributed by atoms with Crippen LogP contribution in [0.5, 0.6) is 0 Å². The lowest BCUT2D eigenvalue weighted by Crippen LogP contribution is -2.34. The number of nitrogens with zero attached hydrogens (tertiary/aromatic N) is 4. The molecule has 0 unspecified atom stereocenters. The fourth-order valence-corrected chi connectivity index (χ4v) is 3.11. The van der Waals surface area contributed by atoms with Crippen LogP contribution in [0.1, 0.15) is 21.6 Å². The number of amidine groups is 1. The van der Waals surface area contributed by atoms with Crippen molar-refractivity contribution in [2.45, 2.75) is 19.6 Å². The van der Waals surface area contributed by atoms with Gasteiger partial charge < -0.3 is 16.6 Å². The summed E-state index contributed by atoms with van der Waals surface area (Å²) in [6.07, 6.45) is -3.22. The largest absolute Gasteiger partial charge is 0.416 e. The van der Waals surface area contributed by atoms with E-state index < -0.39 is 17.6 Å². The second-order valence-electron chi connectivity index (χ2n) is 6.18. The number of hydrogen-bond acceptors (Lipinski definition) is 6. The average Bonchev–Trinajstić information content (AvgIpc) is 3.02. The number of pyridine rings is 1. The van der Waals surface area contributed by atoms with E-state index in [4.69, 9.17) is 23.3 Å². The number of anilines is 1. The van der Waals surface area contributed by atoms with Gasteiger partial charge in [-0.3, -0.25) is 4.79 Å². The van der Waals surface area contributed by atoms with Gasteiger partial charge >= 0.3 is 6.18 Å².